The number of benzene rings is 1. The van der Waals surface area contributed by atoms with E-state index >= 15 is 0 Å². The van der Waals surface area contributed by atoms with Crippen LogP contribution in [0, 0.1) is 17.6 Å². The summed E-state index contributed by atoms with van der Waals surface area (Å²) in [6.07, 6.45) is 19.5. The molecule has 0 radical (unpaired) electrons. The van der Waals surface area contributed by atoms with Crippen LogP contribution in [0.25, 0.3) is 11.0 Å². The van der Waals surface area contributed by atoms with Crippen LogP contribution in [0.2, 0.25) is 0 Å². The third-order valence-electron chi connectivity index (χ3n) is 5.87. The summed E-state index contributed by atoms with van der Waals surface area (Å²) >= 11 is 0. The Hall–Kier alpha value is -1.58. The molecule has 0 aliphatic carbocycles. The van der Waals surface area contributed by atoms with E-state index in [2.05, 4.69) is 23.8 Å². The first kappa shape index (κ1) is 23.7. The zero-order valence-electron chi connectivity index (χ0n) is 18.4. The lowest BCUT2D eigenvalue weighted by Gasteiger charge is -2.17. The molecule has 0 aliphatic rings. The van der Waals surface area contributed by atoms with Crippen LogP contribution in [0.15, 0.2) is 18.3 Å². The standard InChI is InChI=1S/C25H38F2N2/c1-3-5-7-9-10-12-14-20(13-11-8-6-4-2)15-16-21-19-28-24-17-22(26)23(27)18-25(24)29-21/h17-20H,3-16H2,1-2H3. The van der Waals surface area contributed by atoms with Crippen LogP contribution < -0.4 is 0 Å². The summed E-state index contributed by atoms with van der Waals surface area (Å²) in [5.41, 5.74) is 1.73. The lowest BCUT2D eigenvalue weighted by molar-refractivity contribution is 0.380. The van der Waals surface area contributed by atoms with Crippen molar-refractivity contribution in [3.63, 3.8) is 0 Å². The summed E-state index contributed by atoms with van der Waals surface area (Å²) in [6, 6.07) is 2.27. The van der Waals surface area contributed by atoms with Gasteiger partial charge in [-0.2, -0.15) is 0 Å². The first-order valence-electron chi connectivity index (χ1n) is 11.7. The SMILES string of the molecule is CCCCCCCCC(CCCCCC)CCc1cnc2cc(F)c(F)cc2n1. The highest BCUT2D eigenvalue weighted by atomic mass is 19.2. The molecule has 0 amide bonds. The van der Waals surface area contributed by atoms with E-state index < -0.39 is 11.6 Å². The molecule has 2 aromatic rings. The van der Waals surface area contributed by atoms with E-state index in [0.717, 1.165) is 36.6 Å². The average Bonchev–Trinajstić information content (AvgIpc) is 2.72. The molecule has 1 atom stereocenters. The van der Waals surface area contributed by atoms with Gasteiger partial charge in [-0.15, -0.1) is 0 Å². The number of nitrogens with zero attached hydrogens (tertiary/aromatic N) is 2. The highest BCUT2D eigenvalue weighted by Crippen LogP contribution is 2.24. The van der Waals surface area contributed by atoms with Gasteiger partial charge in [0.05, 0.1) is 16.7 Å². The molecule has 4 heteroatoms. The van der Waals surface area contributed by atoms with Crippen molar-refractivity contribution >= 4 is 11.0 Å². The minimum Gasteiger partial charge on any atom is -0.253 e. The number of rotatable bonds is 15. The van der Waals surface area contributed by atoms with Crippen molar-refractivity contribution in [2.75, 3.05) is 0 Å². The Morgan fingerprint density at radius 1 is 0.724 bits per heavy atom. The van der Waals surface area contributed by atoms with Crippen molar-refractivity contribution in [3.05, 3.63) is 35.7 Å². The molecule has 1 heterocycles. The normalized spacial score (nSPS) is 12.6. The highest BCUT2D eigenvalue weighted by molar-refractivity contribution is 5.74. The number of hydrogen-bond donors (Lipinski definition) is 0. The van der Waals surface area contributed by atoms with E-state index in [4.69, 9.17) is 0 Å². The van der Waals surface area contributed by atoms with E-state index in [1.165, 1.54) is 77.0 Å². The van der Waals surface area contributed by atoms with Crippen molar-refractivity contribution in [1.82, 2.24) is 9.97 Å². The van der Waals surface area contributed by atoms with Gasteiger partial charge in [0.1, 0.15) is 0 Å². The maximum Gasteiger partial charge on any atom is 0.161 e. The number of hydrogen-bond acceptors (Lipinski definition) is 2. The molecule has 0 aliphatic heterocycles. The maximum atomic E-state index is 13.5. The number of fused-ring (bicyclic) bond motifs is 1. The van der Waals surface area contributed by atoms with E-state index in [0.29, 0.717) is 11.0 Å². The van der Waals surface area contributed by atoms with Crippen LogP contribution in [0.4, 0.5) is 8.78 Å². The van der Waals surface area contributed by atoms with Crippen LogP contribution in [0.5, 0.6) is 0 Å². The van der Waals surface area contributed by atoms with Crippen molar-refractivity contribution in [3.8, 4) is 0 Å². The lowest BCUT2D eigenvalue weighted by atomic mass is 9.90. The quantitative estimate of drug-likeness (QED) is 0.280. The fourth-order valence-corrected chi connectivity index (χ4v) is 4.03. The van der Waals surface area contributed by atoms with E-state index in [1.54, 1.807) is 6.20 Å². The van der Waals surface area contributed by atoms with Gasteiger partial charge in [-0.3, -0.25) is 4.98 Å². The molecular weight excluding hydrogens is 366 g/mol. The smallest absolute Gasteiger partial charge is 0.161 e. The predicted molar refractivity (Wildman–Crippen MR) is 118 cm³/mol. The fourth-order valence-electron chi connectivity index (χ4n) is 4.03. The van der Waals surface area contributed by atoms with Crippen LogP contribution in [0.1, 0.15) is 103 Å². The summed E-state index contributed by atoms with van der Waals surface area (Å²) in [5.74, 6) is -1.01. The number of unbranched alkanes of at least 4 members (excludes halogenated alkanes) is 8. The minimum absolute atomic E-state index is 0.413. The molecule has 0 spiro atoms. The minimum atomic E-state index is -0.870. The largest absolute Gasteiger partial charge is 0.253 e. The summed E-state index contributed by atoms with van der Waals surface area (Å²) < 4.78 is 26.9. The zero-order chi connectivity index (χ0) is 20.9. The fraction of sp³-hybridized carbons (Fsp3) is 0.680. The monoisotopic (exact) mass is 404 g/mol. The summed E-state index contributed by atoms with van der Waals surface area (Å²) in [4.78, 5) is 8.80. The molecule has 0 saturated heterocycles. The van der Waals surface area contributed by atoms with Gasteiger partial charge in [0.15, 0.2) is 11.6 Å². The summed E-state index contributed by atoms with van der Waals surface area (Å²) in [6.45, 7) is 4.51. The zero-order valence-corrected chi connectivity index (χ0v) is 18.4. The van der Waals surface area contributed by atoms with Crippen LogP contribution >= 0.6 is 0 Å². The molecule has 29 heavy (non-hydrogen) atoms. The predicted octanol–water partition coefficient (Wildman–Crippen LogP) is 8.18. The van der Waals surface area contributed by atoms with Gasteiger partial charge in [-0.1, -0.05) is 90.9 Å². The first-order chi connectivity index (χ1) is 14.1. The van der Waals surface area contributed by atoms with E-state index in [9.17, 15) is 8.78 Å². The van der Waals surface area contributed by atoms with Gasteiger partial charge in [0.2, 0.25) is 0 Å². The Kier molecular flexibility index (Phi) is 11.1. The molecule has 1 aromatic heterocycles. The Morgan fingerprint density at radius 2 is 1.28 bits per heavy atom. The molecule has 162 valence electrons. The number of aryl methyl sites for hydroxylation is 1. The number of halogens is 2. The molecule has 0 N–H and O–H groups in total. The van der Waals surface area contributed by atoms with Crippen molar-refractivity contribution in [2.24, 2.45) is 5.92 Å². The van der Waals surface area contributed by atoms with Gasteiger partial charge in [-0.05, 0) is 18.8 Å². The number of aromatic nitrogens is 2. The van der Waals surface area contributed by atoms with Gasteiger partial charge in [0.25, 0.3) is 0 Å². The lowest BCUT2D eigenvalue weighted by Crippen LogP contribution is -2.05. The van der Waals surface area contributed by atoms with Gasteiger partial charge in [0, 0.05) is 18.3 Å². The second-order valence-electron chi connectivity index (χ2n) is 8.43. The third kappa shape index (κ3) is 8.76. The summed E-state index contributed by atoms with van der Waals surface area (Å²) in [7, 11) is 0. The first-order valence-corrected chi connectivity index (χ1v) is 11.7. The van der Waals surface area contributed by atoms with Gasteiger partial charge < -0.3 is 0 Å². The summed E-state index contributed by atoms with van der Waals surface area (Å²) in [5, 5.41) is 0. The third-order valence-corrected chi connectivity index (χ3v) is 5.87. The molecule has 1 unspecified atom stereocenters. The van der Waals surface area contributed by atoms with Gasteiger partial charge >= 0.3 is 0 Å². The van der Waals surface area contributed by atoms with E-state index in [-0.39, 0.29) is 0 Å². The molecule has 0 saturated carbocycles. The Labute approximate surface area is 175 Å². The van der Waals surface area contributed by atoms with Crippen LogP contribution in [-0.2, 0) is 6.42 Å². The topological polar surface area (TPSA) is 25.8 Å². The van der Waals surface area contributed by atoms with E-state index in [1.807, 2.05) is 0 Å². The highest BCUT2D eigenvalue weighted by Gasteiger charge is 2.11. The van der Waals surface area contributed by atoms with Crippen molar-refractivity contribution in [1.29, 1.82) is 0 Å². The Bertz CT molecular complexity index is 717. The second kappa shape index (κ2) is 13.6. The Morgan fingerprint density at radius 3 is 1.93 bits per heavy atom. The van der Waals surface area contributed by atoms with Crippen molar-refractivity contribution in [2.45, 2.75) is 104 Å². The Balaban J connectivity index is 1.87. The van der Waals surface area contributed by atoms with Crippen LogP contribution in [0.3, 0.4) is 0 Å². The molecular formula is C25H38F2N2. The molecule has 1 aromatic carbocycles. The molecule has 2 nitrogen and oxygen atoms in total. The van der Waals surface area contributed by atoms with Crippen molar-refractivity contribution < 1.29 is 8.78 Å². The average molecular weight is 405 g/mol. The maximum absolute atomic E-state index is 13.5. The molecule has 0 fully saturated rings. The molecule has 2 rings (SSSR count). The second-order valence-corrected chi connectivity index (χ2v) is 8.43. The molecule has 0 bridgehead atoms. The van der Waals surface area contributed by atoms with Gasteiger partial charge in [-0.25, -0.2) is 13.8 Å². The van der Waals surface area contributed by atoms with Crippen LogP contribution in [-0.4, -0.2) is 9.97 Å².